The Hall–Kier alpha value is -2.69. The number of aromatic nitrogens is 3. The average molecular weight is 334 g/mol. The molecule has 0 saturated heterocycles. The largest absolute Gasteiger partial charge is 0.348 e. The van der Waals surface area contributed by atoms with Gasteiger partial charge in [-0.2, -0.15) is 5.10 Å². The van der Waals surface area contributed by atoms with E-state index in [9.17, 15) is 4.79 Å². The predicted molar refractivity (Wildman–Crippen MR) is 96.6 cm³/mol. The van der Waals surface area contributed by atoms with Crippen LogP contribution in [-0.4, -0.2) is 20.5 Å². The standard InChI is InChI=1S/C20H22N4O/c1-14-7-9-15(10-8-14)11-22-20(25)17-13-23-24-18-6-4-2-3-5-16(18)12-21-19(17)24/h7-10,12-13H,2-6,11H2,1H3,(H,22,25). The number of hydrogen-bond donors (Lipinski definition) is 1. The molecule has 0 saturated carbocycles. The number of hydrogen-bond acceptors (Lipinski definition) is 3. The van der Waals surface area contributed by atoms with Gasteiger partial charge in [-0.15, -0.1) is 0 Å². The molecule has 1 aliphatic carbocycles. The highest BCUT2D eigenvalue weighted by Gasteiger charge is 2.18. The van der Waals surface area contributed by atoms with E-state index < -0.39 is 0 Å². The van der Waals surface area contributed by atoms with Crippen molar-refractivity contribution in [1.82, 2.24) is 19.9 Å². The first kappa shape index (κ1) is 15.8. The molecule has 2 heterocycles. The van der Waals surface area contributed by atoms with Crippen molar-refractivity contribution in [2.75, 3.05) is 0 Å². The monoisotopic (exact) mass is 334 g/mol. The number of aryl methyl sites for hydroxylation is 3. The maximum Gasteiger partial charge on any atom is 0.257 e. The van der Waals surface area contributed by atoms with Gasteiger partial charge in [-0.05, 0) is 43.7 Å². The Morgan fingerprint density at radius 3 is 2.76 bits per heavy atom. The summed E-state index contributed by atoms with van der Waals surface area (Å²) in [7, 11) is 0. The Bertz CT molecular complexity index is 911. The normalized spacial score (nSPS) is 14.1. The highest BCUT2D eigenvalue weighted by atomic mass is 16.1. The molecule has 0 unspecified atom stereocenters. The number of nitrogens with zero attached hydrogens (tertiary/aromatic N) is 3. The number of carbonyl (C=O) groups excluding carboxylic acids is 1. The fourth-order valence-electron chi connectivity index (χ4n) is 3.42. The number of nitrogens with one attached hydrogen (secondary N) is 1. The van der Waals surface area contributed by atoms with Crippen molar-refractivity contribution in [1.29, 1.82) is 0 Å². The Morgan fingerprint density at radius 1 is 1.12 bits per heavy atom. The molecule has 0 atom stereocenters. The van der Waals surface area contributed by atoms with Gasteiger partial charge in [-0.3, -0.25) is 4.79 Å². The van der Waals surface area contributed by atoms with Gasteiger partial charge in [0, 0.05) is 18.4 Å². The maximum absolute atomic E-state index is 12.6. The third-order valence-corrected chi connectivity index (χ3v) is 4.89. The first-order valence-electron chi connectivity index (χ1n) is 8.90. The van der Waals surface area contributed by atoms with Gasteiger partial charge in [0.1, 0.15) is 5.56 Å². The molecular formula is C20H22N4O. The Labute approximate surface area is 147 Å². The van der Waals surface area contributed by atoms with Gasteiger partial charge in [0.25, 0.3) is 5.91 Å². The van der Waals surface area contributed by atoms with Crippen LogP contribution >= 0.6 is 0 Å². The van der Waals surface area contributed by atoms with Crippen LogP contribution in [0.25, 0.3) is 5.65 Å². The van der Waals surface area contributed by atoms with E-state index >= 15 is 0 Å². The molecule has 0 bridgehead atoms. The summed E-state index contributed by atoms with van der Waals surface area (Å²) in [4.78, 5) is 17.1. The molecule has 0 radical (unpaired) electrons. The summed E-state index contributed by atoms with van der Waals surface area (Å²) < 4.78 is 1.86. The van der Waals surface area contributed by atoms with Gasteiger partial charge in [-0.25, -0.2) is 9.50 Å². The minimum absolute atomic E-state index is 0.128. The Balaban J connectivity index is 1.57. The second-order valence-electron chi connectivity index (χ2n) is 6.75. The number of fused-ring (bicyclic) bond motifs is 3. The van der Waals surface area contributed by atoms with Crippen molar-refractivity contribution in [3.63, 3.8) is 0 Å². The summed E-state index contributed by atoms with van der Waals surface area (Å²) in [5, 5.41) is 7.43. The first-order valence-corrected chi connectivity index (χ1v) is 8.90. The molecule has 4 rings (SSSR count). The zero-order chi connectivity index (χ0) is 17.2. The SMILES string of the molecule is Cc1ccc(CNC(=O)c2cnn3c4c(cnc23)CCCCC4)cc1. The van der Waals surface area contributed by atoms with Gasteiger partial charge >= 0.3 is 0 Å². The van der Waals surface area contributed by atoms with E-state index in [-0.39, 0.29) is 5.91 Å². The van der Waals surface area contributed by atoms with Crippen LogP contribution in [0.1, 0.15) is 52.0 Å². The van der Waals surface area contributed by atoms with Crippen LogP contribution in [0.15, 0.2) is 36.7 Å². The van der Waals surface area contributed by atoms with E-state index in [1.54, 1.807) is 6.20 Å². The zero-order valence-corrected chi connectivity index (χ0v) is 14.5. The van der Waals surface area contributed by atoms with Gasteiger partial charge in [0.2, 0.25) is 0 Å². The number of amides is 1. The summed E-state index contributed by atoms with van der Waals surface area (Å²) in [6, 6.07) is 8.16. The molecule has 1 aromatic carbocycles. The summed E-state index contributed by atoms with van der Waals surface area (Å²) in [5.74, 6) is -0.128. The van der Waals surface area contributed by atoms with Crippen molar-refractivity contribution in [2.45, 2.75) is 45.6 Å². The molecule has 0 spiro atoms. The van der Waals surface area contributed by atoms with Crippen LogP contribution in [0, 0.1) is 6.92 Å². The third kappa shape index (κ3) is 3.14. The van der Waals surface area contributed by atoms with Gasteiger partial charge in [-0.1, -0.05) is 36.2 Å². The van der Waals surface area contributed by atoms with E-state index in [0.717, 1.165) is 18.4 Å². The van der Waals surface area contributed by atoms with Crippen LogP contribution in [0.4, 0.5) is 0 Å². The summed E-state index contributed by atoms with van der Waals surface area (Å²) >= 11 is 0. The quantitative estimate of drug-likeness (QED) is 0.748. The van der Waals surface area contributed by atoms with Crippen molar-refractivity contribution >= 4 is 11.6 Å². The van der Waals surface area contributed by atoms with Crippen LogP contribution in [0.5, 0.6) is 0 Å². The summed E-state index contributed by atoms with van der Waals surface area (Å²) in [6.45, 7) is 2.55. The van der Waals surface area contributed by atoms with Crippen molar-refractivity contribution in [3.8, 4) is 0 Å². The van der Waals surface area contributed by atoms with Crippen LogP contribution in [0.3, 0.4) is 0 Å². The van der Waals surface area contributed by atoms with Crippen LogP contribution in [-0.2, 0) is 19.4 Å². The molecule has 3 aromatic rings. The second kappa shape index (κ2) is 6.67. The number of carbonyl (C=O) groups is 1. The molecule has 25 heavy (non-hydrogen) atoms. The highest BCUT2D eigenvalue weighted by molar-refractivity contribution is 5.99. The molecule has 0 aliphatic heterocycles. The number of benzene rings is 1. The van der Waals surface area contributed by atoms with E-state index in [1.807, 2.05) is 35.0 Å². The van der Waals surface area contributed by atoms with Crippen molar-refractivity contribution < 1.29 is 4.79 Å². The topological polar surface area (TPSA) is 59.3 Å². The lowest BCUT2D eigenvalue weighted by molar-refractivity contribution is 0.0952. The van der Waals surface area contributed by atoms with Crippen LogP contribution in [0.2, 0.25) is 0 Å². The van der Waals surface area contributed by atoms with Crippen LogP contribution < -0.4 is 5.32 Å². The molecule has 0 fully saturated rings. The summed E-state index contributed by atoms with van der Waals surface area (Å²) in [6.07, 6.45) is 9.22. The molecular weight excluding hydrogens is 312 g/mol. The second-order valence-corrected chi connectivity index (χ2v) is 6.75. The predicted octanol–water partition coefficient (Wildman–Crippen LogP) is 3.24. The fraction of sp³-hybridized carbons (Fsp3) is 0.350. The molecule has 1 amide bonds. The lowest BCUT2D eigenvalue weighted by Crippen LogP contribution is -2.23. The minimum atomic E-state index is -0.128. The molecule has 1 N–H and O–H groups in total. The van der Waals surface area contributed by atoms with Gasteiger partial charge in [0.15, 0.2) is 5.65 Å². The summed E-state index contributed by atoms with van der Waals surface area (Å²) in [5.41, 5.74) is 5.96. The maximum atomic E-state index is 12.6. The van der Waals surface area contributed by atoms with Gasteiger partial charge in [0.05, 0.1) is 6.20 Å². The lowest BCUT2D eigenvalue weighted by atomic mass is 10.1. The van der Waals surface area contributed by atoms with Crippen molar-refractivity contribution in [3.05, 3.63) is 64.6 Å². The molecule has 5 heteroatoms. The zero-order valence-electron chi connectivity index (χ0n) is 14.5. The lowest BCUT2D eigenvalue weighted by Gasteiger charge is -2.08. The minimum Gasteiger partial charge on any atom is -0.348 e. The van der Waals surface area contributed by atoms with Gasteiger partial charge < -0.3 is 5.32 Å². The van der Waals surface area contributed by atoms with E-state index in [2.05, 4.69) is 22.3 Å². The molecule has 1 aliphatic rings. The number of rotatable bonds is 3. The molecule has 5 nitrogen and oxygen atoms in total. The van der Waals surface area contributed by atoms with Crippen molar-refractivity contribution in [2.24, 2.45) is 0 Å². The fourth-order valence-corrected chi connectivity index (χ4v) is 3.42. The smallest absolute Gasteiger partial charge is 0.257 e. The molecule has 128 valence electrons. The molecule has 2 aromatic heterocycles. The van der Waals surface area contributed by atoms with E-state index in [1.165, 1.54) is 36.1 Å². The first-order chi connectivity index (χ1) is 12.2. The highest BCUT2D eigenvalue weighted by Crippen LogP contribution is 2.21. The third-order valence-electron chi connectivity index (χ3n) is 4.89. The van der Waals surface area contributed by atoms with E-state index in [4.69, 9.17) is 0 Å². The van der Waals surface area contributed by atoms with E-state index in [0.29, 0.717) is 17.8 Å². The Kier molecular flexibility index (Phi) is 4.22. The average Bonchev–Trinajstić information content (AvgIpc) is 2.91. The Morgan fingerprint density at radius 2 is 1.92 bits per heavy atom.